The molecule has 0 bridgehead atoms. The largest absolute Gasteiger partial charge is 0.427 e. The molecule has 1 rings (SSSR count). The predicted molar refractivity (Wildman–Crippen MR) is 163 cm³/mol. The Labute approximate surface area is 236 Å². The van der Waals surface area contributed by atoms with Crippen molar-refractivity contribution in [1.29, 1.82) is 0 Å². The fourth-order valence-electron chi connectivity index (χ4n) is 4.60. The predicted octanol–water partition coefficient (Wildman–Crippen LogP) is 7.34. The number of hydrogen-bond acceptors (Lipinski definition) is 5. The number of allylic oxidation sites excluding steroid dienone is 7. The molecule has 0 spiro atoms. The van der Waals surface area contributed by atoms with Crippen LogP contribution < -0.4 is 5.63 Å². The second kappa shape index (κ2) is 17.3. The molecule has 0 saturated heterocycles. The molecule has 5 nitrogen and oxygen atoms in total. The number of aliphatic hydroxyl groups is 3. The second-order valence-electron chi connectivity index (χ2n) is 11.1. The van der Waals surface area contributed by atoms with E-state index in [1.165, 1.54) is 11.1 Å². The van der Waals surface area contributed by atoms with Gasteiger partial charge in [-0.1, -0.05) is 74.3 Å². The third-order valence-corrected chi connectivity index (χ3v) is 7.48. The smallest absolute Gasteiger partial charge is 0.339 e. The molecule has 1 aromatic heterocycles. The van der Waals surface area contributed by atoms with E-state index < -0.39 is 18.3 Å². The third-order valence-electron chi connectivity index (χ3n) is 7.48. The first kappa shape index (κ1) is 34.6. The Morgan fingerprint density at radius 2 is 1.59 bits per heavy atom. The van der Waals surface area contributed by atoms with Gasteiger partial charge >= 0.3 is 5.63 Å². The van der Waals surface area contributed by atoms with E-state index in [4.69, 9.17) is 4.42 Å². The van der Waals surface area contributed by atoms with Gasteiger partial charge in [0.15, 0.2) is 0 Å². The van der Waals surface area contributed by atoms with Gasteiger partial charge in [-0.2, -0.15) is 0 Å². The summed E-state index contributed by atoms with van der Waals surface area (Å²) in [6.07, 6.45) is 11.9. The quantitative estimate of drug-likeness (QED) is 0.160. The van der Waals surface area contributed by atoms with Crippen molar-refractivity contribution >= 4 is 0 Å². The zero-order valence-corrected chi connectivity index (χ0v) is 25.6. The maximum absolute atomic E-state index is 12.2. The van der Waals surface area contributed by atoms with Crippen LogP contribution in [0.4, 0.5) is 0 Å². The van der Waals surface area contributed by atoms with Gasteiger partial charge in [-0.25, -0.2) is 4.79 Å². The molecule has 0 saturated carbocycles. The average molecular weight is 541 g/mol. The molecule has 1 aromatic rings. The Bertz CT molecular complexity index is 1110. The average Bonchev–Trinajstić information content (AvgIpc) is 2.90. The topological polar surface area (TPSA) is 90.9 Å². The summed E-state index contributed by atoms with van der Waals surface area (Å²) in [5.41, 5.74) is 5.63. The lowest BCUT2D eigenvalue weighted by Gasteiger charge is -2.24. The molecule has 39 heavy (non-hydrogen) atoms. The molecule has 1 heterocycles. The van der Waals surface area contributed by atoms with Gasteiger partial charge in [0.05, 0.1) is 18.3 Å². The molecule has 0 amide bonds. The Morgan fingerprint density at radius 1 is 0.923 bits per heavy atom. The lowest BCUT2D eigenvalue weighted by atomic mass is 9.91. The van der Waals surface area contributed by atoms with E-state index in [9.17, 15) is 20.1 Å². The normalized spacial score (nSPS) is 18.1. The van der Waals surface area contributed by atoms with Crippen LogP contribution in [0.5, 0.6) is 0 Å². The lowest BCUT2D eigenvalue weighted by Crippen LogP contribution is -2.29. The van der Waals surface area contributed by atoms with E-state index in [1.54, 1.807) is 6.07 Å². The Balaban J connectivity index is 2.70. The first-order chi connectivity index (χ1) is 18.3. The molecule has 0 unspecified atom stereocenters. The van der Waals surface area contributed by atoms with Gasteiger partial charge in [0.2, 0.25) is 0 Å². The highest BCUT2D eigenvalue weighted by molar-refractivity contribution is 5.25. The summed E-state index contributed by atoms with van der Waals surface area (Å²) in [5, 5.41) is 31.6. The van der Waals surface area contributed by atoms with Gasteiger partial charge in [-0.3, -0.25) is 0 Å². The molecule has 0 aliphatic carbocycles. The maximum atomic E-state index is 12.2. The molecule has 5 heteroatoms. The number of aryl methyl sites for hydroxylation is 1. The van der Waals surface area contributed by atoms with Gasteiger partial charge in [-0.15, -0.1) is 0 Å². The van der Waals surface area contributed by atoms with E-state index in [-0.39, 0.29) is 17.5 Å². The molecule has 3 N–H and O–H groups in total. The minimum atomic E-state index is -0.727. The molecular weight excluding hydrogens is 488 g/mol. The van der Waals surface area contributed by atoms with Crippen molar-refractivity contribution in [2.45, 2.75) is 119 Å². The van der Waals surface area contributed by atoms with E-state index >= 15 is 0 Å². The standard InChI is InChI=1S/C34H52O5/c1-10-13-29-17-19-31(39-34(29)38)28(9)33(37)26(7)15-12-14-22(3)20-24(5)21-23(4)16-18-30(35)27(8)32(36)25(6)11-2/h11,14-17,19,21,27-28,30,32-33,35-37H,10,12-13,18,20H2,1-9H3/b22-14+,23-16+,24-21+,25-11+,26-15+/t27-,28+,30-,32-,33-/m1/s1. The molecule has 0 radical (unpaired) electrons. The monoisotopic (exact) mass is 540 g/mol. The van der Waals surface area contributed by atoms with Crippen molar-refractivity contribution in [3.8, 4) is 0 Å². The number of rotatable bonds is 15. The van der Waals surface area contributed by atoms with Crippen LogP contribution in [-0.2, 0) is 6.42 Å². The van der Waals surface area contributed by atoms with Crippen LogP contribution in [-0.4, -0.2) is 33.6 Å². The summed E-state index contributed by atoms with van der Waals surface area (Å²) in [6, 6.07) is 3.61. The van der Waals surface area contributed by atoms with Crippen LogP contribution in [0.15, 0.2) is 79.6 Å². The summed E-state index contributed by atoms with van der Waals surface area (Å²) in [5.74, 6) is -0.0444. The van der Waals surface area contributed by atoms with Crippen LogP contribution in [0.25, 0.3) is 0 Å². The van der Waals surface area contributed by atoms with Crippen molar-refractivity contribution < 1.29 is 19.7 Å². The van der Waals surface area contributed by atoms with Crippen molar-refractivity contribution in [3.05, 3.63) is 92.1 Å². The van der Waals surface area contributed by atoms with Gasteiger partial charge in [-0.05, 0) is 90.5 Å². The lowest BCUT2D eigenvalue weighted by molar-refractivity contribution is 0.0415. The molecule has 0 aliphatic heterocycles. The summed E-state index contributed by atoms with van der Waals surface area (Å²) >= 11 is 0. The molecular formula is C34H52O5. The highest BCUT2D eigenvalue weighted by Crippen LogP contribution is 2.24. The summed E-state index contributed by atoms with van der Waals surface area (Å²) in [6.45, 7) is 17.7. The molecule has 0 fully saturated rings. The fraction of sp³-hybridized carbons (Fsp3) is 0.559. The van der Waals surface area contributed by atoms with Crippen molar-refractivity contribution in [1.82, 2.24) is 0 Å². The van der Waals surface area contributed by atoms with Crippen LogP contribution in [0.2, 0.25) is 0 Å². The Morgan fingerprint density at radius 3 is 2.18 bits per heavy atom. The summed E-state index contributed by atoms with van der Waals surface area (Å²) in [7, 11) is 0. The van der Waals surface area contributed by atoms with Gasteiger partial charge in [0.1, 0.15) is 5.76 Å². The Hall–Kier alpha value is -2.47. The van der Waals surface area contributed by atoms with Crippen LogP contribution >= 0.6 is 0 Å². The van der Waals surface area contributed by atoms with Crippen molar-refractivity contribution in [2.75, 3.05) is 0 Å². The van der Waals surface area contributed by atoms with E-state index in [0.29, 0.717) is 30.6 Å². The van der Waals surface area contributed by atoms with E-state index in [1.807, 2.05) is 72.8 Å². The zero-order valence-electron chi connectivity index (χ0n) is 25.6. The van der Waals surface area contributed by atoms with Crippen LogP contribution in [0.3, 0.4) is 0 Å². The first-order valence-corrected chi connectivity index (χ1v) is 14.3. The van der Waals surface area contributed by atoms with Crippen molar-refractivity contribution in [3.63, 3.8) is 0 Å². The minimum Gasteiger partial charge on any atom is -0.427 e. The highest BCUT2D eigenvalue weighted by Gasteiger charge is 2.23. The van der Waals surface area contributed by atoms with Crippen molar-refractivity contribution in [2.24, 2.45) is 5.92 Å². The van der Waals surface area contributed by atoms with Gasteiger partial charge < -0.3 is 19.7 Å². The Kier molecular flexibility index (Phi) is 15.3. The van der Waals surface area contributed by atoms with Gasteiger partial charge in [0.25, 0.3) is 0 Å². The SMILES string of the molecule is C/C=C(\C)[C@@H](O)[C@H](C)[C@H](O)C/C=C(C)/C=C(\C)C/C(C)=C/C/C=C(\C)[C@@H](O)[C@@H](C)c1ccc(CCC)c(=O)o1. The number of hydrogen-bond donors (Lipinski definition) is 3. The zero-order chi connectivity index (χ0) is 29.7. The molecule has 5 atom stereocenters. The molecule has 0 aromatic carbocycles. The second-order valence-corrected chi connectivity index (χ2v) is 11.1. The van der Waals surface area contributed by atoms with Gasteiger partial charge in [0, 0.05) is 17.4 Å². The highest BCUT2D eigenvalue weighted by atomic mass is 16.4. The minimum absolute atomic E-state index is 0.233. The maximum Gasteiger partial charge on any atom is 0.339 e. The van der Waals surface area contributed by atoms with Crippen LogP contribution in [0, 0.1) is 5.92 Å². The fourth-order valence-corrected chi connectivity index (χ4v) is 4.60. The first-order valence-electron chi connectivity index (χ1n) is 14.3. The summed E-state index contributed by atoms with van der Waals surface area (Å²) < 4.78 is 5.49. The van der Waals surface area contributed by atoms with E-state index in [0.717, 1.165) is 29.6 Å². The van der Waals surface area contributed by atoms with E-state index in [2.05, 4.69) is 26.0 Å². The van der Waals surface area contributed by atoms with Crippen LogP contribution in [0.1, 0.15) is 105 Å². The summed E-state index contributed by atoms with van der Waals surface area (Å²) in [4.78, 5) is 12.2. The molecule has 0 aliphatic rings. The molecule has 218 valence electrons. The number of aliphatic hydroxyl groups excluding tert-OH is 3. The third kappa shape index (κ3) is 11.7.